The molecule has 3 heterocycles. The Balaban J connectivity index is 1.27. The molecule has 3 saturated heterocycles. The summed E-state index contributed by atoms with van der Waals surface area (Å²) in [6.07, 6.45) is 4.67. The predicted molar refractivity (Wildman–Crippen MR) is 160 cm³/mol. The van der Waals surface area contributed by atoms with E-state index in [-0.39, 0.29) is 47.8 Å². The van der Waals surface area contributed by atoms with Crippen LogP contribution in [0, 0.1) is 11.8 Å². The quantitative estimate of drug-likeness (QED) is 0.445. The van der Waals surface area contributed by atoms with Crippen LogP contribution >= 0.6 is 0 Å². The van der Waals surface area contributed by atoms with Crippen molar-refractivity contribution in [1.29, 1.82) is 0 Å². The van der Waals surface area contributed by atoms with E-state index in [0.717, 1.165) is 44.5 Å². The van der Waals surface area contributed by atoms with Crippen LogP contribution < -0.4 is 15.5 Å². The number of ketones is 1. The molecule has 1 saturated carbocycles. The largest absolute Gasteiger partial charge is 0.378 e. The smallest absolute Gasteiger partial charge is 0.251 e. The van der Waals surface area contributed by atoms with E-state index in [2.05, 4.69) is 15.5 Å². The second-order valence-electron chi connectivity index (χ2n) is 12.8. The zero-order valence-corrected chi connectivity index (χ0v) is 25.5. The van der Waals surface area contributed by atoms with E-state index in [0.29, 0.717) is 38.2 Å². The number of hydrogen-bond acceptors (Lipinski definition) is 7. The average Bonchev–Trinajstić information content (AvgIpc) is 3.74. The highest BCUT2D eigenvalue weighted by Crippen LogP contribution is 2.34. The molecule has 5 rings (SSSR count). The van der Waals surface area contributed by atoms with Gasteiger partial charge in [0.15, 0.2) is 5.78 Å². The van der Waals surface area contributed by atoms with Gasteiger partial charge >= 0.3 is 0 Å². The van der Waals surface area contributed by atoms with E-state index in [4.69, 9.17) is 4.74 Å². The molecule has 1 aromatic carbocycles. The van der Waals surface area contributed by atoms with Gasteiger partial charge in [-0.1, -0.05) is 26.7 Å². The van der Waals surface area contributed by atoms with Crippen molar-refractivity contribution in [2.45, 2.75) is 83.5 Å². The van der Waals surface area contributed by atoms with Crippen molar-refractivity contribution >= 4 is 35.1 Å². The normalized spacial score (nSPS) is 23.8. The lowest BCUT2D eigenvalue weighted by Crippen LogP contribution is -2.54. The first-order valence-electron chi connectivity index (χ1n) is 15.8. The first kappa shape index (κ1) is 31.0. The predicted octanol–water partition coefficient (Wildman–Crippen LogP) is 1.74. The van der Waals surface area contributed by atoms with Gasteiger partial charge in [-0.3, -0.25) is 24.0 Å². The van der Waals surface area contributed by atoms with Crippen LogP contribution in [0.25, 0.3) is 0 Å². The third-order valence-corrected chi connectivity index (χ3v) is 9.30. The molecule has 4 atom stereocenters. The summed E-state index contributed by atoms with van der Waals surface area (Å²) in [6.45, 7) is 8.58. The number of ether oxygens (including phenoxy) is 1. The number of morpholine rings is 1. The topological polar surface area (TPSA) is 128 Å². The van der Waals surface area contributed by atoms with Crippen molar-refractivity contribution < 1.29 is 28.7 Å². The minimum Gasteiger partial charge on any atom is -0.378 e. The maximum Gasteiger partial charge on any atom is 0.251 e. The number of amides is 4. The fourth-order valence-electron chi connectivity index (χ4n) is 7.21. The third-order valence-electron chi connectivity index (χ3n) is 9.30. The van der Waals surface area contributed by atoms with Crippen molar-refractivity contribution in [2.75, 3.05) is 44.3 Å². The number of Topliss-reactive ketones (excluding diaryl/α,β-unsaturated/α-hetero) is 1. The maximum atomic E-state index is 13.9. The zero-order chi connectivity index (χ0) is 30.7. The van der Waals surface area contributed by atoms with Crippen molar-refractivity contribution in [3.8, 4) is 0 Å². The lowest BCUT2D eigenvalue weighted by Gasteiger charge is -2.31. The Morgan fingerprint density at radius 3 is 2.21 bits per heavy atom. The summed E-state index contributed by atoms with van der Waals surface area (Å²) in [4.78, 5) is 71.6. The average molecular weight is 596 g/mol. The molecule has 0 bridgehead atoms. The Morgan fingerprint density at radius 1 is 0.907 bits per heavy atom. The van der Waals surface area contributed by atoms with Crippen LogP contribution in [0.15, 0.2) is 24.3 Å². The number of carbonyl (C=O) groups is 5. The molecule has 4 unspecified atom stereocenters. The van der Waals surface area contributed by atoms with Crippen LogP contribution in [0.5, 0.6) is 0 Å². The van der Waals surface area contributed by atoms with Crippen LogP contribution in [0.4, 0.5) is 5.69 Å². The standard InChI is InChI=1S/C32H45N5O6/c1-20(2)18-25(34-30(40)23-8-10-24(11-9-23)35-14-16-43-17-15-35)31(41)36-13-12-26-29(36)27(39)19-37(26)32(42)28(33-21(3)38)22-6-4-5-7-22/h8-11,20,22,25-26,28-29H,4-7,12-19H2,1-3H3,(H,33,38)(H,34,40). The molecule has 11 heteroatoms. The Kier molecular flexibility index (Phi) is 9.68. The number of anilines is 1. The van der Waals surface area contributed by atoms with Gasteiger partial charge in [-0.05, 0) is 61.8 Å². The van der Waals surface area contributed by atoms with Crippen LogP contribution in [0.2, 0.25) is 0 Å². The molecule has 0 aromatic heterocycles. The Hall–Kier alpha value is -3.47. The highest BCUT2D eigenvalue weighted by Gasteiger charge is 2.53. The van der Waals surface area contributed by atoms with Gasteiger partial charge in [-0.2, -0.15) is 0 Å². The number of hydrogen-bond donors (Lipinski definition) is 2. The number of nitrogens with one attached hydrogen (secondary N) is 2. The summed E-state index contributed by atoms with van der Waals surface area (Å²) in [5.74, 6) is -1.13. The monoisotopic (exact) mass is 595 g/mol. The molecule has 11 nitrogen and oxygen atoms in total. The van der Waals surface area contributed by atoms with Crippen LogP contribution in [-0.4, -0.2) is 103 Å². The van der Waals surface area contributed by atoms with E-state index >= 15 is 0 Å². The lowest BCUT2D eigenvalue weighted by molar-refractivity contribution is -0.139. The molecular formula is C32H45N5O6. The Labute approximate surface area is 253 Å². The van der Waals surface area contributed by atoms with Crippen LogP contribution in [-0.2, 0) is 23.9 Å². The van der Waals surface area contributed by atoms with Gasteiger partial charge in [-0.25, -0.2) is 0 Å². The molecule has 4 fully saturated rings. The molecule has 1 aliphatic carbocycles. The number of rotatable bonds is 9. The molecule has 4 aliphatic rings. The van der Waals surface area contributed by atoms with Crippen LogP contribution in [0.1, 0.15) is 69.7 Å². The number of carbonyl (C=O) groups excluding carboxylic acids is 5. The van der Waals surface area contributed by atoms with Gasteiger partial charge in [0.05, 0.1) is 25.8 Å². The molecular weight excluding hydrogens is 550 g/mol. The van der Waals surface area contributed by atoms with Gasteiger partial charge in [0, 0.05) is 37.8 Å². The molecule has 4 amide bonds. The highest BCUT2D eigenvalue weighted by molar-refractivity contribution is 6.01. The second-order valence-corrected chi connectivity index (χ2v) is 12.8. The van der Waals surface area contributed by atoms with Gasteiger partial charge in [-0.15, -0.1) is 0 Å². The molecule has 2 N–H and O–H groups in total. The fourth-order valence-corrected chi connectivity index (χ4v) is 7.21. The minimum atomic E-state index is -0.798. The fraction of sp³-hybridized carbons (Fsp3) is 0.656. The minimum absolute atomic E-state index is 0.0539. The van der Waals surface area contributed by atoms with Gasteiger partial charge < -0.3 is 30.1 Å². The molecule has 0 spiro atoms. The van der Waals surface area contributed by atoms with Crippen molar-refractivity contribution in [2.24, 2.45) is 11.8 Å². The van der Waals surface area contributed by atoms with Crippen molar-refractivity contribution in [3.05, 3.63) is 29.8 Å². The van der Waals surface area contributed by atoms with E-state index in [1.54, 1.807) is 21.9 Å². The third kappa shape index (κ3) is 6.87. The van der Waals surface area contributed by atoms with E-state index in [1.165, 1.54) is 6.92 Å². The number of nitrogens with zero attached hydrogens (tertiary/aromatic N) is 3. The summed E-state index contributed by atoms with van der Waals surface area (Å²) in [6, 6.07) is 4.74. The number of fused-ring (bicyclic) bond motifs is 1. The summed E-state index contributed by atoms with van der Waals surface area (Å²) in [5, 5.41) is 5.79. The summed E-state index contributed by atoms with van der Waals surface area (Å²) < 4.78 is 5.42. The Bertz CT molecular complexity index is 1210. The summed E-state index contributed by atoms with van der Waals surface area (Å²) in [5.41, 5.74) is 1.48. The summed E-state index contributed by atoms with van der Waals surface area (Å²) in [7, 11) is 0. The van der Waals surface area contributed by atoms with E-state index < -0.39 is 24.2 Å². The molecule has 0 radical (unpaired) electrons. The zero-order valence-electron chi connectivity index (χ0n) is 25.5. The van der Waals surface area contributed by atoms with Crippen LogP contribution in [0.3, 0.4) is 0 Å². The molecule has 43 heavy (non-hydrogen) atoms. The molecule has 3 aliphatic heterocycles. The van der Waals surface area contributed by atoms with Gasteiger partial charge in [0.2, 0.25) is 17.7 Å². The lowest BCUT2D eigenvalue weighted by atomic mass is 9.96. The maximum absolute atomic E-state index is 13.9. The molecule has 1 aromatic rings. The van der Waals surface area contributed by atoms with E-state index in [1.807, 2.05) is 26.0 Å². The van der Waals surface area contributed by atoms with E-state index in [9.17, 15) is 24.0 Å². The number of benzene rings is 1. The molecule has 234 valence electrons. The Morgan fingerprint density at radius 2 is 1.58 bits per heavy atom. The highest BCUT2D eigenvalue weighted by atomic mass is 16.5. The number of likely N-dealkylation sites (tertiary alicyclic amines) is 2. The first-order valence-corrected chi connectivity index (χ1v) is 15.8. The van der Waals surface area contributed by atoms with Gasteiger partial charge in [0.1, 0.15) is 18.1 Å². The van der Waals surface area contributed by atoms with Gasteiger partial charge in [0.25, 0.3) is 5.91 Å². The SMILES string of the molecule is CC(=O)NC(C(=O)N1CC(=O)C2C1CCN2C(=O)C(CC(C)C)NC(=O)c1ccc(N2CCOCC2)cc1)C1CCCC1. The second kappa shape index (κ2) is 13.4. The van der Waals surface area contributed by atoms with Crippen molar-refractivity contribution in [1.82, 2.24) is 20.4 Å². The summed E-state index contributed by atoms with van der Waals surface area (Å²) >= 11 is 0. The van der Waals surface area contributed by atoms with Crippen molar-refractivity contribution in [3.63, 3.8) is 0 Å². The first-order chi connectivity index (χ1) is 20.6.